The van der Waals surface area contributed by atoms with Crippen LogP contribution < -0.4 is 0 Å². The van der Waals surface area contributed by atoms with Crippen LogP contribution in [0.2, 0.25) is 0 Å². The molecule has 0 aromatic heterocycles. The molecule has 0 spiro atoms. The quantitative estimate of drug-likeness (QED) is 0.556. The number of hydrogen-bond acceptors (Lipinski definition) is 2. The lowest BCUT2D eigenvalue weighted by Crippen LogP contribution is -2.26. The Kier molecular flexibility index (Phi) is 2.09. The van der Waals surface area contributed by atoms with Gasteiger partial charge in [-0.2, -0.15) is 0 Å². The van der Waals surface area contributed by atoms with Crippen molar-refractivity contribution in [3.63, 3.8) is 0 Å². The van der Waals surface area contributed by atoms with E-state index in [0.29, 0.717) is 6.04 Å². The largest absolute Gasteiger partial charge is 0.392 e. The van der Waals surface area contributed by atoms with E-state index in [2.05, 4.69) is 18.7 Å². The molecule has 2 atom stereocenters. The van der Waals surface area contributed by atoms with Gasteiger partial charge in [0.05, 0.1) is 6.10 Å². The molecule has 1 N–H and O–H groups in total. The molecule has 0 aromatic carbocycles. The first-order chi connectivity index (χ1) is 4.24. The highest BCUT2D eigenvalue weighted by molar-refractivity contribution is 4.80. The summed E-state index contributed by atoms with van der Waals surface area (Å²) in [5, 5.41) is 9.16. The van der Waals surface area contributed by atoms with Crippen LogP contribution in [0.5, 0.6) is 0 Å². The van der Waals surface area contributed by atoms with E-state index in [9.17, 15) is 0 Å². The summed E-state index contributed by atoms with van der Waals surface area (Å²) in [4.78, 5) is 2.30. The van der Waals surface area contributed by atoms with E-state index in [1.54, 1.807) is 0 Å². The van der Waals surface area contributed by atoms with Crippen molar-refractivity contribution in [3.8, 4) is 0 Å². The lowest BCUT2D eigenvalue weighted by Gasteiger charge is -2.16. The second-order valence-corrected chi connectivity index (χ2v) is 2.83. The second-order valence-electron chi connectivity index (χ2n) is 2.83. The number of aliphatic hydroxyl groups is 1. The lowest BCUT2D eigenvalue weighted by atomic mass is 10.2. The van der Waals surface area contributed by atoms with E-state index in [1.165, 1.54) is 0 Å². The second kappa shape index (κ2) is 2.67. The molecule has 2 heteroatoms. The number of nitrogens with zero attached hydrogens (tertiary/aromatic N) is 1. The van der Waals surface area contributed by atoms with Gasteiger partial charge in [0.15, 0.2) is 0 Å². The van der Waals surface area contributed by atoms with Crippen molar-refractivity contribution >= 4 is 0 Å². The minimum absolute atomic E-state index is 0.0695. The molecule has 2 nitrogen and oxygen atoms in total. The Bertz CT molecular complexity index is 94.9. The Morgan fingerprint density at radius 3 is 2.56 bits per heavy atom. The predicted molar refractivity (Wildman–Crippen MR) is 37.3 cm³/mol. The van der Waals surface area contributed by atoms with E-state index in [4.69, 9.17) is 5.11 Å². The monoisotopic (exact) mass is 129 g/mol. The number of hydrogen-bond donors (Lipinski definition) is 1. The van der Waals surface area contributed by atoms with Gasteiger partial charge in [0, 0.05) is 12.6 Å². The van der Waals surface area contributed by atoms with Crippen molar-refractivity contribution in [3.05, 3.63) is 0 Å². The highest BCUT2D eigenvalue weighted by Gasteiger charge is 2.25. The first kappa shape index (κ1) is 7.03. The highest BCUT2D eigenvalue weighted by atomic mass is 16.3. The zero-order valence-electron chi connectivity index (χ0n) is 6.17. The minimum Gasteiger partial charge on any atom is -0.392 e. The van der Waals surface area contributed by atoms with Gasteiger partial charge >= 0.3 is 0 Å². The van der Waals surface area contributed by atoms with Crippen LogP contribution in [0.4, 0.5) is 0 Å². The molecule has 0 aliphatic carbocycles. The van der Waals surface area contributed by atoms with Crippen molar-refractivity contribution < 1.29 is 5.11 Å². The summed E-state index contributed by atoms with van der Waals surface area (Å²) in [6.45, 7) is 6.24. The standard InChI is InChI=1S/C7H15NO/c1-3-8-5-7(9)4-6(8)2/h6-7,9H,3-5H2,1-2H3/t6?,7-/m1/s1. The fourth-order valence-electron chi connectivity index (χ4n) is 1.51. The molecule has 0 amide bonds. The van der Waals surface area contributed by atoms with Crippen molar-refractivity contribution in [1.29, 1.82) is 0 Å². The summed E-state index contributed by atoms with van der Waals surface area (Å²) in [7, 11) is 0. The van der Waals surface area contributed by atoms with Crippen LogP contribution in [0.25, 0.3) is 0 Å². The average molecular weight is 129 g/mol. The van der Waals surface area contributed by atoms with Gasteiger partial charge in [-0.15, -0.1) is 0 Å². The summed E-state index contributed by atoms with van der Waals surface area (Å²) in [5.41, 5.74) is 0. The Morgan fingerprint density at radius 1 is 1.67 bits per heavy atom. The highest BCUT2D eigenvalue weighted by Crippen LogP contribution is 2.15. The molecule has 1 heterocycles. The third-order valence-corrected chi connectivity index (χ3v) is 2.09. The van der Waals surface area contributed by atoms with Crippen LogP contribution in [0.15, 0.2) is 0 Å². The molecule has 1 aliphatic rings. The molecule has 1 fully saturated rings. The first-order valence-electron chi connectivity index (χ1n) is 3.66. The fraction of sp³-hybridized carbons (Fsp3) is 1.00. The maximum absolute atomic E-state index is 9.16. The van der Waals surface area contributed by atoms with Gasteiger partial charge in [-0.25, -0.2) is 0 Å². The fourth-order valence-corrected chi connectivity index (χ4v) is 1.51. The van der Waals surface area contributed by atoms with Crippen LogP contribution in [-0.2, 0) is 0 Å². The van der Waals surface area contributed by atoms with Gasteiger partial charge in [-0.3, -0.25) is 4.90 Å². The number of likely N-dealkylation sites (N-methyl/N-ethyl adjacent to an activating group) is 1. The SMILES string of the molecule is CCN1C[C@H](O)CC1C. The maximum atomic E-state index is 9.16. The zero-order chi connectivity index (χ0) is 6.85. The van der Waals surface area contributed by atoms with Crippen molar-refractivity contribution in [2.24, 2.45) is 0 Å². The smallest absolute Gasteiger partial charge is 0.0682 e. The Balaban J connectivity index is 2.38. The van der Waals surface area contributed by atoms with E-state index in [1.807, 2.05) is 0 Å². The van der Waals surface area contributed by atoms with Gasteiger partial charge in [0.25, 0.3) is 0 Å². The van der Waals surface area contributed by atoms with E-state index >= 15 is 0 Å². The predicted octanol–water partition coefficient (Wildman–Crippen LogP) is 0.461. The van der Waals surface area contributed by atoms with Crippen LogP contribution in [0.1, 0.15) is 20.3 Å². The van der Waals surface area contributed by atoms with Crippen LogP contribution >= 0.6 is 0 Å². The number of rotatable bonds is 1. The molecule has 1 saturated heterocycles. The molecular formula is C7H15NO. The summed E-state index contributed by atoms with van der Waals surface area (Å²) in [6.07, 6.45) is 0.883. The van der Waals surface area contributed by atoms with Crippen LogP contribution in [-0.4, -0.2) is 35.2 Å². The number of likely N-dealkylation sites (tertiary alicyclic amines) is 1. The maximum Gasteiger partial charge on any atom is 0.0682 e. The molecule has 1 aliphatic heterocycles. The number of β-amino-alcohol motifs (C(OH)–C–C–N with tert-alkyl or cyclic N) is 1. The van der Waals surface area contributed by atoms with Crippen molar-refractivity contribution in [1.82, 2.24) is 4.90 Å². The summed E-state index contributed by atoms with van der Waals surface area (Å²) in [6, 6.07) is 0.588. The third kappa shape index (κ3) is 1.43. The third-order valence-electron chi connectivity index (χ3n) is 2.09. The van der Waals surface area contributed by atoms with Gasteiger partial charge in [-0.1, -0.05) is 6.92 Å². The minimum atomic E-state index is -0.0695. The molecule has 54 valence electrons. The molecule has 1 rings (SSSR count). The molecule has 1 unspecified atom stereocenters. The normalized spacial score (nSPS) is 37.7. The van der Waals surface area contributed by atoms with Gasteiger partial charge in [0.1, 0.15) is 0 Å². The van der Waals surface area contributed by atoms with Crippen molar-refractivity contribution in [2.75, 3.05) is 13.1 Å². The van der Waals surface area contributed by atoms with E-state index < -0.39 is 0 Å². The zero-order valence-corrected chi connectivity index (χ0v) is 6.17. The molecule has 0 saturated carbocycles. The summed E-state index contributed by atoms with van der Waals surface area (Å²) < 4.78 is 0. The van der Waals surface area contributed by atoms with Gasteiger partial charge < -0.3 is 5.11 Å². The molecule has 0 aromatic rings. The average Bonchev–Trinajstić information content (AvgIpc) is 2.10. The molecular weight excluding hydrogens is 114 g/mol. The van der Waals surface area contributed by atoms with Crippen LogP contribution in [0.3, 0.4) is 0 Å². The first-order valence-corrected chi connectivity index (χ1v) is 3.66. The lowest BCUT2D eigenvalue weighted by molar-refractivity contribution is 0.177. The topological polar surface area (TPSA) is 23.5 Å². The molecule has 0 radical (unpaired) electrons. The Hall–Kier alpha value is -0.0800. The Labute approximate surface area is 56.5 Å². The van der Waals surface area contributed by atoms with Gasteiger partial charge in [0.2, 0.25) is 0 Å². The van der Waals surface area contributed by atoms with Crippen LogP contribution in [0, 0.1) is 0 Å². The summed E-state index contributed by atoms with van der Waals surface area (Å²) in [5.74, 6) is 0. The van der Waals surface area contributed by atoms with Gasteiger partial charge in [-0.05, 0) is 19.9 Å². The Morgan fingerprint density at radius 2 is 2.33 bits per heavy atom. The van der Waals surface area contributed by atoms with E-state index in [0.717, 1.165) is 19.5 Å². The molecule has 0 bridgehead atoms. The van der Waals surface area contributed by atoms with E-state index in [-0.39, 0.29) is 6.10 Å². The number of aliphatic hydroxyl groups excluding tert-OH is 1. The summed E-state index contributed by atoms with van der Waals surface area (Å²) >= 11 is 0. The van der Waals surface area contributed by atoms with Crippen molar-refractivity contribution in [2.45, 2.75) is 32.4 Å². The molecule has 9 heavy (non-hydrogen) atoms.